The molecule has 0 spiro atoms. The molecule has 0 bridgehead atoms. The highest BCUT2D eigenvalue weighted by molar-refractivity contribution is 7.99. The van der Waals surface area contributed by atoms with Crippen LogP contribution in [0.4, 0.5) is 0 Å². The van der Waals surface area contributed by atoms with Gasteiger partial charge in [-0.15, -0.1) is 11.8 Å². The van der Waals surface area contributed by atoms with Gasteiger partial charge in [0.2, 0.25) is 0 Å². The summed E-state index contributed by atoms with van der Waals surface area (Å²) >= 11 is 7.64. The summed E-state index contributed by atoms with van der Waals surface area (Å²) in [6.07, 6.45) is 5.18. The zero-order valence-electron chi connectivity index (χ0n) is 16.4. The van der Waals surface area contributed by atoms with E-state index in [0.29, 0.717) is 29.4 Å². The smallest absolute Gasteiger partial charge is 0.277 e. The van der Waals surface area contributed by atoms with Crippen LogP contribution in [-0.4, -0.2) is 36.8 Å². The molecule has 3 heterocycles. The van der Waals surface area contributed by atoms with Crippen LogP contribution in [0.15, 0.2) is 34.3 Å². The molecule has 0 aliphatic heterocycles. The van der Waals surface area contributed by atoms with Gasteiger partial charge in [-0.25, -0.2) is 9.67 Å². The van der Waals surface area contributed by atoms with Gasteiger partial charge in [0.1, 0.15) is 5.15 Å². The molecule has 0 amide bonds. The van der Waals surface area contributed by atoms with E-state index in [2.05, 4.69) is 28.5 Å². The highest BCUT2D eigenvalue weighted by atomic mass is 35.5. The number of nitrogens with zero attached hydrogens (tertiary/aromatic N) is 4. The molecule has 0 aliphatic rings. The van der Waals surface area contributed by atoms with Crippen molar-refractivity contribution in [3.8, 4) is 0 Å². The van der Waals surface area contributed by atoms with Gasteiger partial charge in [0.05, 0.1) is 16.1 Å². The third kappa shape index (κ3) is 4.59. The monoisotopic (exact) mass is 420 g/mol. The second-order valence-electron chi connectivity index (χ2n) is 7.24. The van der Waals surface area contributed by atoms with Gasteiger partial charge in [-0.1, -0.05) is 25.4 Å². The van der Waals surface area contributed by atoms with Crippen LogP contribution in [0.5, 0.6) is 0 Å². The Hall–Kier alpha value is -1.83. The number of fused-ring (bicyclic) bond motifs is 1. The van der Waals surface area contributed by atoms with Crippen molar-refractivity contribution in [1.82, 2.24) is 19.3 Å². The molecule has 0 aromatic carbocycles. The molecule has 1 N–H and O–H groups in total. The van der Waals surface area contributed by atoms with Crippen LogP contribution < -0.4 is 5.56 Å². The SMILES string of the molecule is CC(C)Cc1nn(C)c(=O)c2c(SCCCO)n(Cc3ccnc(Cl)c3)cc12. The minimum atomic E-state index is -0.0967. The summed E-state index contributed by atoms with van der Waals surface area (Å²) in [6, 6.07) is 3.75. The van der Waals surface area contributed by atoms with E-state index in [1.807, 2.05) is 18.3 Å². The van der Waals surface area contributed by atoms with Gasteiger partial charge >= 0.3 is 0 Å². The van der Waals surface area contributed by atoms with Crippen molar-refractivity contribution in [3.05, 3.63) is 51.3 Å². The van der Waals surface area contributed by atoms with Gasteiger partial charge in [-0.05, 0) is 36.5 Å². The van der Waals surface area contributed by atoms with Gasteiger partial charge in [-0.2, -0.15) is 5.10 Å². The summed E-state index contributed by atoms with van der Waals surface area (Å²) in [5, 5.41) is 16.7. The molecule has 6 nitrogen and oxygen atoms in total. The molecule has 3 aromatic heterocycles. The average molecular weight is 421 g/mol. The van der Waals surface area contributed by atoms with E-state index in [0.717, 1.165) is 33.8 Å². The van der Waals surface area contributed by atoms with Gasteiger partial charge < -0.3 is 9.67 Å². The molecule has 28 heavy (non-hydrogen) atoms. The van der Waals surface area contributed by atoms with Crippen LogP contribution in [-0.2, 0) is 20.0 Å². The van der Waals surface area contributed by atoms with Gasteiger partial charge in [0.25, 0.3) is 5.56 Å². The molecule has 0 radical (unpaired) electrons. The summed E-state index contributed by atoms with van der Waals surface area (Å²) in [6.45, 7) is 5.00. The van der Waals surface area contributed by atoms with Gasteiger partial charge in [0, 0.05) is 43.7 Å². The van der Waals surface area contributed by atoms with Crippen molar-refractivity contribution in [2.24, 2.45) is 13.0 Å². The lowest BCUT2D eigenvalue weighted by molar-refractivity contribution is 0.296. The van der Waals surface area contributed by atoms with Crippen LogP contribution in [0.25, 0.3) is 10.8 Å². The van der Waals surface area contributed by atoms with Crippen LogP contribution >= 0.6 is 23.4 Å². The minimum Gasteiger partial charge on any atom is -0.396 e. The Bertz CT molecular complexity index is 1030. The molecule has 0 atom stereocenters. The quantitative estimate of drug-likeness (QED) is 0.343. The first-order chi connectivity index (χ1) is 13.4. The second-order valence-corrected chi connectivity index (χ2v) is 8.71. The fourth-order valence-corrected chi connectivity index (χ4v) is 4.47. The first kappa shape index (κ1) is 20.9. The maximum Gasteiger partial charge on any atom is 0.277 e. The van der Waals surface area contributed by atoms with Crippen molar-refractivity contribution < 1.29 is 5.11 Å². The van der Waals surface area contributed by atoms with Gasteiger partial charge in [0.15, 0.2) is 0 Å². The molecular weight excluding hydrogens is 396 g/mol. The number of aromatic nitrogens is 4. The zero-order chi connectivity index (χ0) is 20.3. The Morgan fingerprint density at radius 1 is 1.36 bits per heavy atom. The second kappa shape index (κ2) is 9.11. The lowest BCUT2D eigenvalue weighted by Crippen LogP contribution is -2.22. The molecule has 0 saturated heterocycles. The molecule has 0 aliphatic carbocycles. The molecule has 8 heteroatoms. The summed E-state index contributed by atoms with van der Waals surface area (Å²) in [7, 11) is 1.70. The Kier molecular flexibility index (Phi) is 6.80. The van der Waals surface area contributed by atoms with Gasteiger partial charge in [-0.3, -0.25) is 4.79 Å². The molecule has 3 rings (SSSR count). The van der Waals surface area contributed by atoms with Crippen molar-refractivity contribution in [1.29, 1.82) is 0 Å². The standard InChI is InChI=1S/C20H25ClN4O2S/c1-13(2)9-16-15-12-25(11-14-5-6-22-17(21)10-14)20(28-8-4-7-26)18(15)19(27)24(3)23-16/h5-6,10,12-13,26H,4,7-9,11H2,1-3H3. The fourth-order valence-electron chi connectivity index (χ4n) is 3.19. The molecule has 0 fully saturated rings. The first-order valence-electron chi connectivity index (χ1n) is 9.33. The predicted molar refractivity (Wildman–Crippen MR) is 114 cm³/mol. The number of aliphatic hydroxyl groups excluding tert-OH is 1. The van der Waals surface area contributed by atoms with E-state index >= 15 is 0 Å². The van der Waals surface area contributed by atoms with E-state index in [1.165, 1.54) is 4.68 Å². The third-order valence-corrected chi connectivity index (χ3v) is 5.82. The number of aliphatic hydroxyl groups is 1. The summed E-state index contributed by atoms with van der Waals surface area (Å²) in [5.74, 6) is 1.17. The minimum absolute atomic E-state index is 0.0967. The third-order valence-electron chi connectivity index (χ3n) is 4.41. The number of rotatable bonds is 8. The van der Waals surface area contributed by atoms with E-state index in [-0.39, 0.29) is 12.2 Å². The zero-order valence-corrected chi connectivity index (χ0v) is 17.9. The van der Waals surface area contributed by atoms with Crippen molar-refractivity contribution in [2.45, 2.75) is 38.3 Å². The van der Waals surface area contributed by atoms with Crippen LogP contribution in [0.3, 0.4) is 0 Å². The number of thioether (sulfide) groups is 1. The number of aryl methyl sites for hydroxylation is 1. The van der Waals surface area contributed by atoms with E-state index in [4.69, 9.17) is 16.7 Å². The molecule has 150 valence electrons. The predicted octanol–water partition coefficient (Wildman–Crippen LogP) is 3.50. The Labute approximate surface area is 173 Å². The largest absolute Gasteiger partial charge is 0.396 e. The number of halogens is 1. The fraction of sp³-hybridized carbons (Fsp3) is 0.450. The summed E-state index contributed by atoms with van der Waals surface area (Å²) in [5.41, 5.74) is 1.85. The van der Waals surface area contributed by atoms with Crippen LogP contribution in [0, 0.1) is 5.92 Å². The van der Waals surface area contributed by atoms with Crippen LogP contribution in [0.2, 0.25) is 5.15 Å². The highest BCUT2D eigenvalue weighted by Gasteiger charge is 2.19. The lowest BCUT2D eigenvalue weighted by atomic mass is 10.1. The molecular formula is C20H25ClN4O2S. The summed E-state index contributed by atoms with van der Waals surface area (Å²) in [4.78, 5) is 17.0. The molecule has 0 unspecified atom stereocenters. The number of hydrogen-bond donors (Lipinski definition) is 1. The van der Waals surface area contributed by atoms with Crippen LogP contribution in [0.1, 0.15) is 31.5 Å². The average Bonchev–Trinajstić information content (AvgIpc) is 2.98. The van der Waals surface area contributed by atoms with E-state index < -0.39 is 0 Å². The Balaban J connectivity index is 2.16. The lowest BCUT2D eigenvalue weighted by Gasteiger charge is -2.10. The van der Waals surface area contributed by atoms with E-state index in [9.17, 15) is 4.79 Å². The first-order valence-corrected chi connectivity index (χ1v) is 10.7. The van der Waals surface area contributed by atoms with Crippen molar-refractivity contribution in [3.63, 3.8) is 0 Å². The Morgan fingerprint density at radius 2 is 2.14 bits per heavy atom. The summed E-state index contributed by atoms with van der Waals surface area (Å²) < 4.78 is 3.52. The topological polar surface area (TPSA) is 72.9 Å². The maximum absolute atomic E-state index is 12.9. The number of hydrogen-bond acceptors (Lipinski definition) is 5. The van der Waals surface area contributed by atoms with E-state index in [1.54, 1.807) is 25.0 Å². The molecule has 3 aromatic rings. The van der Waals surface area contributed by atoms with Crippen molar-refractivity contribution >= 4 is 34.1 Å². The molecule has 0 saturated carbocycles. The highest BCUT2D eigenvalue weighted by Crippen LogP contribution is 2.31. The normalized spacial score (nSPS) is 11.6. The number of pyridine rings is 1. The van der Waals surface area contributed by atoms with Crippen molar-refractivity contribution in [2.75, 3.05) is 12.4 Å². The maximum atomic E-state index is 12.9. The Morgan fingerprint density at radius 3 is 2.82 bits per heavy atom.